The van der Waals surface area contributed by atoms with Crippen molar-refractivity contribution in [1.29, 1.82) is 0 Å². The molecule has 0 saturated carbocycles. The minimum atomic E-state index is 0. The van der Waals surface area contributed by atoms with E-state index in [0.717, 1.165) is 24.9 Å². The number of hydrogen-bond donors (Lipinski definition) is 2. The Morgan fingerprint density at radius 1 is 1.14 bits per heavy atom. The minimum absolute atomic E-state index is 0. The van der Waals surface area contributed by atoms with Gasteiger partial charge in [0, 0.05) is 37.2 Å². The molecule has 4 atom stereocenters. The summed E-state index contributed by atoms with van der Waals surface area (Å²) in [7, 11) is 0. The van der Waals surface area contributed by atoms with Gasteiger partial charge in [-0.05, 0) is 57.9 Å². The molecule has 2 aliphatic heterocycles. The number of halogens is 1. The Balaban J connectivity index is 0.00000280. The van der Waals surface area contributed by atoms with E-state index in [1.165, 1.54) is 0 Å². The molecule has 0 aliphatic carbocycles. The van der Waals surface area contributed by atoms with Crippen LogP contribution >= 0.6 is 12.4 Å². The van der Waals surface area contributed by atoms with E-state index in [1.54, 1.807) is 0 Å². The summed E-state index contributed by atoms with van der Waals surface area (Å²) < 4.78 is 5.69. The monoisotopic (exact) mass is 409 g/mol. The third-order valence-corrected chi connectivity index (χ3v) is 5.37. The fraction of sp³-hybridized carbons (Fsp3) is 0.619. The van der Waals surface area contributed by atoms with Gasteiger partial charge >= 0.3 is 0 Å². The largest absolute Gasteiger partial charge is 0.372 e. The highest BCUT2D eigenvalue weighted by Gasteiger charge is 2.27. The van der Waals surface area contributed by atoms with E-state index in [4.69, 9.17) is 4.74 Å². The molecule has 28 heavy (non-hydrogen) atoms. The lowest BCUT2D eigenvalue weighted by Gasteiger charge is -2.35. The van der Waals surface area contributed by atoms with Crippen molar-refractivity contribution in [2.75, 3.05) is 19.6 Å². The van der Waals surface area contributed by atoms with Gasteiger partial charge in [-0.1, -0.05) is 12.1 Å². The van der Waals surface area contributed by atoms with Crippen LogP contribution < -0.4 is 10.6 Å². The van der Waals surface area contributed by atoms with Gasteiger partial charge in [0.15, 0.2) is 0 Å². The zero-order chi connectivity index (χ0) is 19.4. The lowest BCUT2D eigenvalue weighted by atomic mass is 9.92. The van der Waals surface area contributed by atoms with E-state index < -0.39 is 0 Å². The first-order valence-corrected chi connectivity index (χ1v) is 9.97. The molecule has 3 rings (SSSR count). The summed E-state index contributed by atoms with van der Waals surface area (Å²) in [5, 5.41) is 6.40. The number of amides is 2. The van der Waals surface area contributed by atoms with Crippen LogP contribution in [0.15, 0.2) is 24.3 Å². The number of morpholine rings is 1. The second-order valence-electron chi connectivity index (χ2n) is 7.96. The van der Waals surface area contributed by atoms with Gasteiger partial charge in [-0.15, -0.1) is 12.4 Å². The summed E-state index contributed by atoms with van der Waals surface area (Å²) >= 11 is 0. The number of piperidine rings is 1. The Morgan fingerprint density at radius 3 is 2.39 bits per heavy atom. The number of hydrogen-bond acceptors (Lipinski definition) is 4. The van der Waals surface area contributed by atoms with Crippen LogP contribution in [0.25, 0.3) is 0 Å². The van der Waals surface area contributed by atoms with Crippen molar-refractivity contribution in [3.8, 4) is 0 Å². The van der Waals surface area contributed by atoms with Gasteiger partial charge in [-0.25, -0.2) is 0 Å². The van der Waals surface area contributed by atoms with Crippen LogP contribution in [0.2, 0.25) is 0 Å². The van der Waals surface area contributed by atoms with Crippen molar-refractivity contribution >= 4 is 24.2 Å². The van der Waals surface area contributed by atoms with E-state index in [0.29, 0.717) is 31.2 Å². The third-order valence-electron chi connectivity index (χ3n) is 5.37. The van der Waals surface area contributed by atoms with E-state index >= 15 is 0 Å². The molecule has 2 saturated heterocycles. The van der Waals surface area contributed by atoms with E-state index in [-0.39, 0.29) is 42.3 Å². The first-order chi connectivity index (χ1) is 12.9. The minimum Gasteiger partial charge on any atom is -0.372 e. The van der Waals surface area contributed by atoms with Gasteiger partial charge in [0.25, 0.3) is 5.91 Å². The first-order valence-electron chi connectivity index (χ1n) is 9.97. The van der Waals surface area contributed by atoms with Crippen molar-refractivity contribution in [2.24, 2.45) is 5.92 Å². The Bertz CT molecular complexity index is 657. The number of nitrogens with zero attached hydrogens (tertiary/aromatic N) is 1. The number of rotatable bonds is 4. The Labute approximate surface area is 173 Å². The van der Waals surface area contributed by atoms with Crippen LogP contribution in [0.1, 0.15) is 49.5 Å². The average Bonchev–Trinajstić information content (AvgIpc) is 2.65. The second kappa shape index (κ2) is 10.2. The first kappa shape index (κ1) is 22.7. The van der Waals surface area contributed by atoms with Crippen LogP contribution in [0.3, 0.4) is 0 Å². The molecule has 0 aromatic heterocycles. The van der Waals surface area contributed by atoms with Crippen LogP contribution in [0.5, 0.6) is 0 Å². The fourth-order valence-corrected chi connectivity index (χ4v) is 4.00. The van der Waals surface area contributed by atoms with Crippen molar-refractivity contribution in [3.05, 3.63) is 35.4 Å². The van der Waals surface area contributed by atoms with Crippen LogP contribution in [0.4, 0.5) is 0 Å². The van der Waals surface area contributed by atoms with Crippen molar-refractivity contribution in [3.63, 3.8) is 0 Å². The van der Waals surface area contributed by atoms with Crippen molar-refractivity contribution < 1.29 is 14.3 Å². The standard InChI is InChI=1S/C21H31N3O3.ClH/c1-14-10-19(8-9-22-14)20(25)23-11-17-4-6-18(7-5-17)21(26)24-12-15(2)27-16(3)13-24;/h4-7,14-16,19,22H,8-13H2,1-3H3,(H,23,25);1H/t14-,15?,16?,19-;/m0./s1. The molecule has 2 unspecified atom stereocenters. The Kier molecular flexibility index (Phi) is 8.28. The molecule has 1 aromatic rings. The van der Waals surface area contributed by atoms with E-state index in [2.05, 4.69) is 17.6 Å². The number of carbonyl (C=O) groups is 2. The molecule has 0 radical (unpaired) electrons. The highest BCUT2D eigenvalue weighted by Crippen LogP contribution is 2.17. The van der Waals surface area contributed by atoms with Gasteiger partial charge in [0.1, 0.15) is 0 Å². The summed E-state index contributed by atoms with van der Waals surface area (Å²) in [5.74, 6) is 0.253. The van der Waals surface area contributed by atoms with E-state index in [9.17, 15) is 9.59 Å². The van der Waals surface area contributed by atoms with E-state index in [1.807, 2.05) is 43.0 Å². The molecule has 2 aliphatic rings. The number of ether oxygens (including phenoxy) is 1. The molecule has 156 valence electrons. The summed E-state index contributed by atoms with van der Waals surface area (Å²) in [6.45, 7) is 8.73. The van der Waals surface area contributed by atoms with Crippen LogP contribution in [0, 0.1) is 5.92 Å². The zero-order valence-corrected chi connectivity index (χ0v) is 17.8. The summed E-state index contributed by atoms with van der Waals surface area (Å²) in [4.78, 5) is 26.9. The van der Waals surface area contributed by atoms with Crippen molar-refractivity contribution in [1.82, 2.24) is 15.5 Å². The molecular formula is C21H32ClN3O3. The fourth-order valence-electron chi connectivity index (χ4n) is 4.00. The maximum absolute atomic E-state index is 12.7. The number of carbonyl (C=O) groups excluding carboxylic acids is 2. The van der Waals surface area contributed by atoms with Gasteiger partial charge in [-0.2, -0.15) is 0 Å². The lowest BCUT2D eigenvalue weighted by Crippen LogP contribution is -2.48. The van der Waals surface area contributed by atoms with Gasteiger partial charge in [0.05, 0.1) is 12.2 Å². The SMILES string of the molecule is CC1CN(C(=O)c2ccc(CNC(=O)[C@H]3CCN[C@@H](C)C3)cc2)CC(C)O1.Cl. The summed E-state index contributed by atoms with van der Waals surface area (Å²) in [6.07, 6.45) is 1.89. The summed E-state index contributed by atoms with van der Waals surface area (Å²) in [5.41, 5.74) is 1.68. The molecule has 2 fully saturated rings. The van der Waals surface area contributed by atoms with Crippen LogP contribution in [-0.4, -0.2) is 54.6 Å². The third kappa shape index (κ3) is 5.93. The molecule has 0 spiro atoms. The normalized spacial score (nSPS) is 27.6. The topological polar surface area (TPSA) is 70.7 Å². The highest BCUT2D eigenvalue weighted by molar-refractivity contribution is 5.94. The molecule has 6 nitrogen and oxygen atoms in total. The Hall–Kier alpha value is -1.63. The quantitative estimate of drug-likeness (QED) is 0.800. The Morgan fingerprint density at radius 2 is 1.79 bits per heavy atom. The molecule has 2 heterocycles. The lowest BCUT2D eigenvalue weighted by molar-refractivity contribution is -0.126. The maximum Gasteiger partial charge on any atom is 0.254 e. The molecule has 2 N–H and O–H groups in total. The summed E-state index contributed by atoms with van der Waals surface area (Å²) in [6, 6.07) is 7.94. The number of nitrogens with one attached hydrogen (secondary N) is 2. The highest BCUT2D eigenvalue weighted by atomic mass is 35.5. The van der Waals surface area contributed by atoms with Crippen LogP contribution in [-0.2, 0) is 16.1 Å². The molecular weight excluding hydrogens is 378 g/mol. The predicted molar refractivity (Wildman–Crippen MR) is 112 cm³/mol. The molecule has 2 amide bonds. The van der Waals surface area contributed by atoms with Gasteiger partial charge in [0.2, 0.25) is 5.91 Å². The average molecular weight is 410 g/mol. The smallest absolute Gasteiger partial charge is 0.254 e. The molecule has 0 bridgehead atoms. The second-order valence-corrected chi connectivity index (χ2v) is 7.96. The number of benzene rings is 1. The van der Waals surface area contributed by atoms with Gasteiger partial charge in [-0.3, -0.25) is 9.59 Å². The van der Waals surface area contributed by atoms with Gasteiger partial charge < -0.3 is 20.3 Å². The predicted octanol–water partition coefficient (Wildman–Crippen LogP) is 2.36. The van der Waals surface area contributed by atoms with Crippen molar-refractivity contribution in [2.45, 2.75) is 58.4 Å². The maximum atomic E-state index is 12.7. The molecule has 7 heteroatoms. The molecule has 1 aromatic carbocycles. The zero-order valence-electron chi connectivity index (χ0n) is 16.9.